The fraction of sp³-hybridized carbons (Fsp3) is 0.227. The van der Waals surface area contributed by atoms with Gasteiger partial charge >= 0.3 is 11.9 Å². The number of ether oxygens (including phenoxy) is 1. The van der Waals surface area contributed by atoms with Gasteiger partial charge in [0.25, 0.3) is 0 Å². The summed E-state index contributed by atoms with van der Waals surface area (Å²) in [6.45, 7) is 2.92. The van der Waals surface area contributed by atoms with Crippen LogP contribution in [0.4, 0.5) is 0 Å². The summed E-state index contributed by atoms with van der Waals surface area (Å²) in [5.41, 5.74) is 2.86. The van der Waals surface area contributed by atoms with Crippen molar-refractivity contribution in [2.75, 3.05) is 7.05 Å². The Bertz CT molecular complexity index is 935. The van der Waals surface area contributed by atoms with Crippen LogP contribution in [0, 0.1) is 11.3 Å². The van der Waals surface area contributed by atoms with E-state index in [-0.39, 0.29) is 0 Å². The second-order valence-corrected chi connectivity index (χ2v) is 6.47. The van der Waals surface area contributed by atoms with E-state index in [0.29, 0.717) is 28.5 Å². The fourth-order valence-electron chi connectivity index (χ4n) is 2.53. The van der Waals surface area contributed by atoms with Crippen LogP contribution in [-0.4, -0.2) is 29.2 Å². The molecule has 0 spiro atoms. The summed E-state index contributed by atoms with van der Waals surface area (Å²) in [4.78, 5) is 19.1. The van der Waals surface area contributed by atoms with Gasteiger partial charge in [0.1, 0.15) is 17.6 Å². The van der Waals surface area contributed by atoms with E-state index in [1.165, 1.54) is 11.1 Å². The van der Waals surface area contributed by atoms with Gasteiger partial charge in [0.15, 0.2) is 0 Å². The van der Waals surface area contributed by atoms with E-state index in [2.05, 4.69) is 24.4 Å². The molecule has 30 heavy (non-hydrogen) atoms. The van der Waals surface area contributed by atoms with Gasteiger partial charge in [0.2, 0.25) is 0 Å². The predicted molar refractivity (Wildman–Crippen MR) is 114 cm³/mol. The number of hydrogen-bond donors (Lipinski definition) is 3. The SMILES string of the molecule is CCCc1c(CNC)cccc1Oc1cc(Cl)ccc1C#N.O=C(O)C=CC(=O)O. The molecular formula is C22H23ClN2O5. The Morgan fingerprint density at radius 2 is 1.83 bits per heavy atom. The molecule has 2 aromatic carbocycles. The van der Waals surface area contributed by atoms with E-state index in [9.17, 15) is 14.9 Å². The molecule has 0 aliphatic rings. The highest BCUT2D eigenvalue weighted by Crippen LogP contribution is 2.32. The van der Waals surface area contributed by atoms with E-state index >= 15 is 0 Å². The lowest BCUT2D eigenvalue weighted by atomic mass is 10.0. The van der Waals surface area contributed by atoms with Gasteiger partial charge < -0.3 is 20.3 Å². The molecule has 0 aromatic heterocycles. The first-order valence-electron chi connectivity index (χ1n) is 9.09. The van der Waals surface area contributed by atoms with Crippen molar-refractivity contribution in [3.8, 4) is 17.6 Å². The number of benzene rings is 2. The first-order chi connectivity index (χ1) is 14.3. The molecule has 158 valence electrons. The summed E-state index contributed by atoms with van der Waals surface area (Å²) in [6, 6.07) is 13.2. The Morgan fingerprint density at radius 3 is 2.37 bits per heavy atom. The third-order valence-electron chi connectivity index (χ3n) is 3.75. The smallest absolute Gasteiger partial charge is 0.328 e. The number of hydrogen-bond acceptors (Lipinski definition) is 5. The summed E-state index contributed by atoms with van der Waals surface area (Å²) in [6.07, 6.45) is 3.07. The largest absolute Gasteiger partial charge is 0.478 e. The van der Waals surface area contributed by atoms with Crippen molar-refractivity contribution in [2.24, 2.45) is 0 Å². The van der Waals surface area contributed by atoms with Crippen LogP contribution in [0.5, 0.6) is 11.5 Å². The van der Waals surface area contributed by atoms with Crippen LogP contribution in [0.3, 0.4) is 0 Å². The number of carboxylic acids is 2. The Balaban J connectivity index is 0.000000479. The number of nitrogens with one attached hydrogen (secondary N) is 1. The lowest BCUT2D eigenvalue weighted by Crippen LogP contribution is -2.08. The molecule has 0 atom stereocenters. The van der Waals surface area contributed by atoms with Gasteiger partial charge in [-0.2, -0.15) is 5.26 Å². The highest BCUT2D eigenvalue weighted by Gasteiger charge is 2.12. The van der Waals surface area contributed by atoms with Crippen molar-refractivity contribution >= 4 is 23.5 Å². The van der Waals surface area contributed by atoms with Gasteiger partial charge in [0, 0.05) is 29.8 Å². The molecule has 0 unspecified atom stereocenters. The molecular weight excluding hydrogens is 408 g/mol. The second kappa shape index (κ2) is 13.0. The highest BCUT2D eigenvalue weighted by molar-refractivity contribution is 6.30. The van der Waals surface area contributed by atoms with Crippen LogP contribution in [0.15, 0.2) is 48.6 Å². The van der Waals surface area contributed by atoms with E-state index in [0.717, 1.165) is 25.1 Å². The number of aliphatic carboxylic acids is 2. The molecule has 0 saturated heterocycles. The maximum Gasteiger partial charge on any atom is 0.328 e. The van der Waals surface area contributed by atoms with Crippen LogP contribution in [0.25, 0.3) is 0 Å². The number of rotatable bonds is 8. The number of nitriles is 1. The lowest BCUT2D eigenvalue weighted by molar-refractivity contribution is -0.134. The first-order valence-corrected chi connectivity index (χ1v) is 9.46. The highest BCUT2D eigenvalue weighted by atomic mass is 35.5. The van der Waals surface area contributed by atoms with E-state index < -0.39 is 11.9 Å². The van der Waals surface area contributed by atoms with Gasteiger partial charge in [-0.3, -0.25) is 0 Å². The van der Waals surface area contributed by atoms with Crippen molar-refractivity contribution in [2.45, 2.75) is 26.3 Å². The molecule has 3 N–H and O–H groups in total. The molecule has 0 bridgehead atoms. The van der Waals surface area contributed by atoms with Gasteiger partial charge in [-0.25, -0.2) is 9.59 Å². The Kier molecular flexibility index (Phi) is 10.7. The molecule has 0 saturated carbocycles. The average molecular weight is 431 g/mol. The number of carbonyl (C=O) groups is 2. The van der Waals surface area contributed by atoms with Gasteiger partial charge in [-0.05, 0) is 42.8 Å². The zero-order valence-corrected chi connectivity index (χ0v) is 17.4. The normalized spacial score (nSPS) is 10.1. The maximum absolute atomic E-state index is 9.55. The number of nitrogens with zero attached hydrogens (tertiary/aromatic N) is 1. The van der Waals surface area contributed by atoms with Gasteiger partial charge in [0.05, 0.1) is 5.56 Å². The minimum absolute atomic E-state index is 0.478. The standard InChI is InChI=1S/C18H19ClN2O.C4H4O4/c1-3-5-16-14(12-21-2)6-4-7-17(16)22-18-10-15(19)9-8-13(18)11-20;5-3(6)1-2-4(7)8/h4,6-10,21H,3,5,12H2,1-2H3;1-2H,(H,5,6)(H,7,8). The molecule has 8 heteroatoms. The number of halogens is 1. The molecule has 0 aliphatic heterocycles. The zero-order valence-electron chi connectivity index (χ0n) is 16.7. The third kappa shape index (κ3) is 8.35. The van der Waals surface area contributed by atoms with Crippen molar-refractivity contribution in [3.63, 3.8) is 0 Å². The first kappa shape index (κ1) is 24.7. The molecule has 0 heterocycles. The molecule has 0 aliphatic carbocycles. The lowest BCUT2D eigenvalue weighted by Gasteiger charge is -2.16. The number of carboxylic acid groups (broad SMARTS) is 2. The summed E-state index contributed by atoms with van der Waals surface area (Å²) in [5.74, 6) is -1.23. The van der Waals surface area contributed by atoms with Crippen molar-refractivity contribution in [1.29, 1.82) is 5.26 Å². The quantitative estimate of drug-likeness (QED) is 0.531. The van der Waals surface area contributed by atoms with Gasteiger partial charge in [-0.15, -0.1) is 0 Å². The maximum atomic E-state index is 9.55. The molecule has 2 aromatic rings. The second-order valence-electron chi connectivity index (χ2n) is 6.04. The molecule has 7 nitrogen and oxygen atoms in total. The van der Waals surface area contributed by atoms with E-state index in [1.807, 2.05) is 19.2 Å². The monoisotopic (exact) mass is 430 g/mol. The molecule has 2 rings (SSSR count). The molecule has 0 fully saturated rings. The third-order valence-corrected chi connectivity index (χ3v) is 3.98. The predicted octanol–water partition coefficient (Wildman–Crippen LogP) is 4.39. The molecule has 0 amide bonds. The Labute approximate surface area is 180 Å². The van der Waals surface area contributed by atoms with Gasteiger partial charge in [-0.1, -0.05) is 37.1 Å². The van der Waals surface area contributed by atoms with Crippen LogP contribution in [0.2, 0.25) is 5.02 Å². The average Bonchev–Trinajstić information content (AvgIpc) is 2.70. The topological polar surface area (TPSA) is 120 Å². The van der Waals surface area contributed by atoms with Crippen LogP contribution in [-0.2, 0) is 22.6 Å². The minimum atomic E-state index is -1.26. The van der Waals surface area contributed by atoms with Crippen LogP contribution in [0.1, 0.15) is 30.0 Å². The Morgan fingerprint density at radius 1 is 1.17 bits per heavy atom. The van der Waals surface area contributed by atoms with Crippen molar-refractivity contribution in [1.82, 2.24) is 5.32 Å². The molecule has 0 radical (unpaired) electrons. The summed E-state index contributed by atoms with van der Waals surface area (Å²) in [5, 5.41) is 28.6. The van der Waals surface area contributed by atoms with Crippen LogP contribution >= 0.6 is 11.6 Å². The minimum Gasteiger partial charge on any atom is -0.478 e. The van der Waals surface area contributed by atoms with Crippen LogP contribution < -0.4 is 10.1 Å². The summed E-state index contributed by atoms with van der Waals surface area (Å²) >= 11 is 6.02. The van der Waals surface area contributed by atoms with E-state index in [1.54, 1.807) is 18.2 Å². The fourth-order valence-corrected chi connectivity index (χ4v) is 2.69. The van der Waals surface area contributed by atoms with E-state index in [4.69, 9.17) is 26.6 Å². The summed E-state index contributed by atoms with van der Waals surface area (Å²) in [7, 11) is 1.92. The Hall–Kier alpha value is -3.34. The zero-order chi connectivity index (χ0) is 22.5. The van der Waals surface area contributed by atoms with Crippen molar-refractivity contribution in [3.05, 3.63) is 70.3 Å². The van der Waals surface area contributed by atoms with Crippen molar-refractivity contribution < 1.29 is 24.5 Å². The summed E-state index contributed by atoms with van der Waals surface area (Å²) < 4.78 is 6.02.